The number of carbonyl (C=O) groups is 1. The lowest BCUT2D eigenvalue weighted by Gasteiger charge is -2.27. The first kappa shape index (κ1) is 26.2. The molecule has 0 radical (unpaired) electrons. The minimum absolute atomic E-state index is 0. The highest BCUT2D eigenvalue weighted by molar-refractivity contribution is 7.89. The highest BCUT2D eigenvalue weighted by Gasteiger charge is 2.25. The lowest BCUT2D eigenvalue weighted by Crippen LogP contribution is -2.37. The molecule has 0 unspecified atom stereocenters. The number of sulfone groups is 1. The van der Waals surface area contributed by atoms with Gasteiger partial charge in [-0.15, -0.1) is 12.4 Å². The number of benzene rings is 2. The summed E-state index contributed by atoms with van der Waals surface area (Å²) in [7, 11) is 0.540. The van der Waals surface area contributed by atoms with Crippen molar-refractivity contribution in [1.29, 1.82) is 0 Å². The molecular weight excluding hydrogens is 448 g/mol. The monoisotopic (exact) mass is 480 g/mol. The second-order valence-electron chi connectivity index (χ2n) is 8.35. The molecule has 1 aliphatic carbocycles. The van der Waals surface area contributed by atoms with Gasteiger partial charge in [0.25, 0.3) is 0 Å². The van der Waals surface area contributed by atoms with E-state index in [1.54, 1.807) is 7.11 Å². The molecule has 2 aromatic carbocycles. The Morgan fingerprint density at radius 3 is 2.22 bits per heavy atom. The van der Waals surface area contributed by atoms with E-state index in [-0.39, 0.29) is 30.0 Å². The molecule has 2 N–H and O–H groups in total. The van der Waals surface area contributed by atoms with Crippen LogP contribution in [0.5, 0.6) is 5.75 Å². The summed E-state index contributed by atoms with van der Waals surface area (Å²) < 4.78 is 28.5. The summed E-state index contributed by atoms with van der Waals surface area (Å²) in [6.45, 7) is 0.411. The van der Waals surface area contributed by atoms with E-state index >= 15 is 0 Å². The predicted molar refractivity (Wildman–Crippen MR) is 131 cm³/mol. The molecule has 0 heterocycles. The van der Waals surface area contributed by atoms with Gasteiger partial charge in [0.05, 0.1) is 12.9 Å². The lowest BCUT2D eigenvalue weighted by atomic mass is 9.85. The number of methoxy groups -OCH3 is 1. The van der Waals surface area contributed by atoms with Crippen molar-refractivity contribution in [3.63, 3.8) is 0 Å². The van der Waals surface area contributed by atoms with Crippen LogP contribution in [-0.4, -0.2) is 40.8 Å². The van der Waals surface area contributed by atoms with Gasteiger partial charge in [0.1, 0.15) is 5.75 Å². The molecular formula is C24H33ClN2O4S. The van der Waals surface area contributed by atoms with Gasteiger partial charge in [0.2, 0.25) is 5.91 Å². The van der Waals surface area contributed by atoms with E-state index in [0.717, 1.165) is 53.7 Å². The Morgan fingerprint density at radius 2 is 1.66 bits per heavy atom. The lowest BCUT2D eigenvalue weighted by molar-refractivity contribution is -0.126. The fourth-order valence-corrected chi connectivity index (χ4v) is 4.96. The summed E-state index contributed by atoms with van der Waals surface area (Å²) in [5.41, 5.74) is 3.65. The molecule has 0 saturated heterocycles. The van der Waals surface area contributed by atoms with Crippen LogP contribution in [0.1, 0.15) is 36.8 Å². The van der Waals surface area contributed by atoms with Gasteiger partial charge in [0.15, 0.2) is 9.84 Å². The van der Waals surface area contributed by atoms with Gasteiger partial charge in [-0.1, -0.05) is 30.3 Å². The molecule has 1 aliphatic rings. The number of ether oxygens (including phenoxy) is 1. The zero-order chi connectivity index (χ0) is 22.4. The Bertz CT molecular complexity index is 1000. The molecule has 32 heavy (non-hydrogen) atoms. The number of hydrogen-bond acceptors (Lipinski definition) is 5. The van der Waals surface area contributed by atoms with E-state index < -0.39 is 9.84 Å². The Balaban J connectivity index is 0.00000363. The number of rotatable bonds is 8. The Morgan fingerprint density at radius 1 is 1.03 bits per heavy atom. The van der Waals surface area contributed by atoms with E-state index in [4.69, 9.17) is 4.74 Å². The zero-order valence-electron chi connectivity index (χ0n) is 18.9. The van der Waals surface area contributed by atoms with E-state index in [1.807, 2.05) is 49.5 Å². The molecule has 2 aromatic rings. The van der Waals surface area contributed by atoms with Gasteiger partial charge in [-0.2, -0.15) is 0 Å². The SMILES string of the molecule is CNC1CCC(C(=O)NCc2cc(-c3ccc(CS(C)(=O)=O)cc3)ccc2OC)CC1.Cl. The Labute approximate surface area is 197 Å². The maximum absolute atomic E-state index is 12.7. The van der Waals surface area contributed by atoms with Crippen molar-refractivity contribution >= 4 is 28.2 Å². The van der Waals surface area contributed by atoms with Crippen LogP contribution in [-0.2, 0) is 26.9 Å². The molecule has 8 heteroatoms. The van der Waals surface area contributed by atoms with Crippen LogP contribution in [0.2, 0.25) is 0 Å². The van der Waals surface area contributed by atoms with Crippen LogP contribution >= 0.6 is 12.4 Å². The molecule has 0 aliphatic heterocycles. The molecule has 6 nitrogen and oxygen atoms in total. The van der Waals surface area contributed by atoms with Gasteiger partial charge < -0.3 is 15.4 Å². The number of amides is 1. The van der Waals surface area contributed by atoms with E-state index in [1.165, 1.54) is 6.26 Å². The van der Waals surface area contributed by atoms with Crippen LogP contribution in [0, 0.1) is 5.92 Å². The van der Waals surface area contributed by atoms with Crippen molar-refractivity contribution in [2.75, 3.05) is 20.4 Å². The first-order valence-corrected chi connectivity index (χ1v) is 12.7. The maximum atomic E-state index is 12.7. The standard InChI is InChI=1S/C24H32N2O4S.ClH/c1-25-22-11-8-19(9-12-22)24(27)26-15-21-14-20(10-13-23(21)30-2)18-6-4-17(5-7-18)16-31(3,28)29;/h4-7,10,13-14,19,22,25H,8-9,11-12,15-16H2,1-3H3,(H,26,27);1H. The van der Waals surface area contributed by atoms with Crippen LogP contribution in [0.15, 0.2) is 42.5 Å². The highest BCUT2D eigenvalue weighted by atomic mass is 35.5. The minimum Gasteiger partial charge on any atom is -0.496 e. The zero-order valence-corrected chi connectivity index (χ0v) is 20.5. The molecule has 0 aromatic heterocycles. The number of halogens is 1. The second-order valence-corrected chi connectivity index (χ2v) is 10.5. The highest BCUT2D eigenvalue weighted by Crippen LogP contribution is 2.28. The summed E-state index contributed by atoms with van der Waals surface area (Å²) in [4.78, 5) is 12.7. The molecule has 0 spiro atoms. The fourth-order valence-electron chi connectivity index (χ4n) is 4.16. The average molecular weight is 481 g/mol. The first-order chi connectivity index (χ1) is 14.8. The van der Waals surface area contributed by atoms with Crippen molar-refractivity contribution in [2.24, 2.45) is 5.92 Å². The summed E-state index contributed by atoms with van der Waals surface area (Å²) in [5, 5.41) is 6.38. The van der Waals surface area contributed by atoms with Gasteiger partial charge in [0, 0.05) is 30.3 Å². The van der Waals surface area contributed by atoms with Crippen molar-refractivity contribution in [3.8, 4) is 16.9 Å². The van der Waals surface area contributed by atoms with Gasteiger partial charge in [-0.25, -0.2) is 8.42 Å². The van der Waals surface area contributed by atoms with E-state index in [2.05, 4.69) is 10.6 Å². The molecule has 1 amide bonds. The van der Waals surface area contributed by atoms with Crippen molar-refractivity contribution in [3.05, 3.63) is 53.6 Å². The second kappa shape index (κ2) is 11.7. The predicted octanol–water partition coefficient (Wildman–Crippen LogP) is 3.72. The smallest absolute Gasteiger partial charge is 0.223 e. The van der Waals surface area contributed by atoms with Gasteiger partial charge >= 0.3 is 0 Å². The molecule has 3 rings (SSSR count). The Hall–Kier alpha value is -2.09. The third-order valence-corrected chi connectivity index (χ3v) is 6.81. The first-order valence-electron chi connectivity index (χ1n) is 10.7. The third-order valence-electron chi connectivity index (χ3n) is 5.96. The minimum atomic E-state index is -3.06. The normalized spacial score (nSPS) is 18.5. The third kappa shape index (κ3) is 7.22. The van der Waals surface area contributed by atoms with Crippen molar-refractivity contribution in [1.82, 2.24) is 10.6 Å². The largest absolute Gasteiger partial charge is 0.496 e. The summed E-state index contributed by atoms with van der Waals surface area (Å²) in [5.74, 6) is 0.939. The molecule has 176 valence electrons. The van der Waals surface area contributed by atoms with Crippen LogP contribution < -0.4 is 15.4 Å². The summed E-state index contributed by atoms with van der Waals surface area (Å²) in [6.07, 6.45) is 5.12. The van der Waals surface area contributed by atoms with Crippen LogP contribution in [0.4, 0.5) is 0 Å². The molecule has 0 atom stereocenters. The van der Waals surface area contributed by atoms with Gasteiger partial charge in [-0.3, -0.25) is 4.79 Å². The van der Waals surface area contributed by atoms with E-state index in [9.17, 15) is 13.2 Å². The molecule has 1 saturated carbocycles. The quantitative estimate of drug-likeness (QED) is 0.601. The average Bonchev–Trinajstić information content (AvgIpc) is 2.76. The summed E-state index contributed by atoms with van der Waals surface area (Å²) >= 11 is 0. The summed E-state index contributed by atoms with van der Waals surface area (Å²) in [6, 6.07) is 13.9. The topological polar surface area (TPSA) is 84.5 Å². The van der Waals surface area contributed by atoms with Crippen molar-refractivity contribution < 1.29 is 17.9 Å². The maximum Gasteiger partial charge on any atom is 0.223 e. The number of carbonyl (C=O) groups excluding carboxylic acids is 1. The number of nitrogens with one attached hydrogen (secondary N) is 2. The van der Waals surface area contributed by atoms with Crippen molar-refractivity contribution in [2.45, 2.75) is 44.0 Å². The Kier molecular flexibility index (Phi) is 9.55. The van der Waals surface area contributed by atoms with Crippen LogP contribution in [0.3, 0.4) is 0 Å². The van der Waals surface area contributed by atoms with Crippen LogP contribution in [0.25, 0.3) is 11.1 Å². The van der Waals surface area contributed by atoms with Gasteiger partial charge in [-0.05, 0) is 61.6 Å². The molecule has 0 bridgehead atoms. The number of hydrogen-bond donors (Lipinski definition) is 2. The molecule has 1 fully saturated rings. The fraction of sp³-hybridized carbons (Fsp3) is 0.458. The van der Waals surface area contributed by atoms with E-state index in [0.29, 0.717) is 12.6 Å².